The Morgan fingerprint density at radius 2 is 2.00 bits per heavy atom. The first-order valence-electron chi connectivity index (χ1n) is 11.6. The molecule has 4 rings (SSSR count). The van der Waals surface area contributed by atoms with E-state index in [0.717, 1.165) is 18.4 Å². The van der Waals surface area contributed by atoms with Crippen LogP contribution in [0, 0.1) is 0 Å². The van der Waals surface area contributed by atoms with E-state index in [9.17, 15) is 14.7 Å². The lowest BCUT2D eigenvalue weighted by Crippen LogP contribution is -2.59. The van der Waals surface area contributed by atoms with E-state index in [0.29, 0.717) is 32.8 Å². The number of nitrogens with one attached hydrogen (secondary N) is 1. The number of β-amino-alcohol motifs (C(OH)–C–C–N with tert-alkyl or cyclic N) is 1. The number of likely N-dealkylation sites (tertiary alicyclic amines) is 2. The Labute approximate surface area is 195 Å². The van der Waals surface area contributed by atoms with Crippen molar-refractivity contribution < 1.29 is 19.4 Å². The fourth-order valence-electron chi connectivity index (χ4n) is 4.96. The van der Waals surface area contributed by atoms with Gasteiger partial charge in [-0.2, -0.15) is 0 Å². The lowest BCUT2D eigenvalue weighted by Gasteiger charge is -2.40. The summed E-state index contributed by atoms with van der Waals surface area (Å²) in [6.07, 6.45) is 8.16. The van der Waals surface area contributed by atoms with E-state index < -0.39 is 12.1 Å². The fourth-order valence-corrected chi connectivity index (χ4v) is 4.96. The second-order valence-electron chi connectivity index (χ2n) is 8.93. The molecule has 0 radical (unpaired) electrons. The number of fused-ring (bicyclic) bond motifs is 2. The number of piperidine rings is 1. The number of aliphatic hydroxyl groups is 1. The number of hydrogen-bond donors (Lipinski definition) is 2. The Bertz CT molecular complexity index is 956. The van der Waals surface area contributed by atoms with Crippen molar-refractivity contribution in [3.05, 3.63) is 71.8 Å². The van der Waals surface area contributed by atoms with Crippen molar-refractivity contribution in [1.29, 1.82) is 0 Å². The van der Waals surface area contributed by atoms with Gasteiger partial charge in [-0.25, -0.2) is 0 Å². The second-order valence-corrected chi connectivity index (χ2v) is 8.93. The molecule has 1 aromatic rings. The Kier molecular flexibility index (Phi) is 7.12. The SMILES string of the molecule is C=C/C=C(\C=C/C)C(NCC(=O)N1CCC2(CC1)OCc1ccccc12)C(=O)N1CC(O)C1. The van der Waals surface area contributed by atoms with Gasteiger partial charge in [-0.15, -0.1) is 0 Å². The average molecular weight is 452 g/mol. The maximum absolute atomic E-state index is 13.0. The molecule has 0 bridgehead atoms. The van der Waals surface area contributed by atoms with Gasteiger partial charge in [0.05, 0.1) is 24.9 Å². The first kappa shape index (κ1) is 23.4. The molecule has 0 saturated carbocycles. The first-order chi connectivity index (χ1) is 16.0. The summed E-state index contributed by atoms with van der Waals surface area (Å²) in [5.74, 6) is -0.177. The number of aliphatic hydroxyl groups excluding tert-OH is 1. The van der Waals surface area contributed by atoms with Crippen LogP contribution in [0.4, 0.5) is 0 Å². The van der Waals surface area contributed by atoms with E-state index in [2.05, 4.69) is 24.0 Å². The molecule has 7 heteroatoms. The maximum Gasteiger partial charge on any atom is 0.244 e. The number of carbonyl (C=O) groups excluding carboxylic acids is 2. The van der Waals surface area contributed by atoms with Crippen LogP contribution in [-0.2, 0) is 26.5 Å². The lowest BCUT2D eigenvalue weighted by molar-refractivity contribution is -0.143. The smallest absolute Gasteiger partial charge is 0.244 e. The van der Waals surface area contributed by atoms with Gasteiger partial charge < -0.3 is 19.6 Å². The number of amides is 2. The number of rotatable bonds is 7. The van der Waals surface area contributed by atoms with Crippen molar-refractivity contribution in [1.82, 2.24) is 15.1 Å². The highest BCUT2D eigenvalue weighted by atomic mass is 16.5. The molecule has 7 nitrogen and oxygen atoms in total. The van der Waals surface area contributed by atoms with Crippen LogP contribution in [-0.4, -0.2) is 71.6 Å². The van der Waals surface area contributed by atoms with Crippen LogP contribution in [0.5, 0.6) is 0 Å². The molecule has 33 heavy (non-hydrogen) atoms. The highest BCUT2D eigenvalue weighted by Gasteiger charge is 2.43. The lowest BCUT2D eigenvalue weighted by atomic mass is 9.84. The molecule has 2 amide bonds. The summed E-state index contributed by atoms with van der Waals surface area (Å²) in [5.41, 5.74) is 2.94. The average Bonchev–Trinajstić information content (AvgIpc) is 3.15. The van der Waals surface area contributed by atoms with Crippen molar-refractivity contribution in [2.75, 3.05) is 32.7 Å². The minimum atomic E-state index is -0.670. The summed E-state index contributed by atoms with van der Waals surface area (Å²) in [4.78, 5) is 29.5. The number of hydrogen-bond acceptors (Lipinski definition) is 5. The zero-order valence-corrected chi connectivity index (χ0v) is 19.2. The van der Waals surface area contributed by atoms with Gasteiger partial charge in [-0.3, -0.25) is 14.9 Å². The zero-order valence-electron chi connectivity index (χ0n) is 19.2. The van der Waals surface area contributed by atoms with Crippen LogP contribution >= 0.6 is 0 Å². The van der Waals surface area contributed by atoms with Crippen LogP contribution in [0.2, 0.25) is 0 Å². The summed E-state index contributed by atoms with van der Waals surface area (Å²) >= 11 is 0. The van der Waals surface area contributed by atoms with E-state index in [1.54, 1.807) is 17.1 Å². The third kappa shape index (κ3) is 4.81. The maximum atomic E-state index is 13.0. The molecule has 3 aliphatic heterocycles. The molecule has 2 N–H and O–H groups in total. The van der Waals surface area contributed by atoms with E-state index in [1.165, 1.54) is 11.1 Å². The van der Waals surface area contributed by atoms with Crippen molar-refractivity contribution >= 4 is 11.8 Å². The quantitative estimate of drug-likeness (QED) is 0.619. The Morgan fingerprint density at radius 3 is 2.67 bits per heavy atom. The topological polar surface area (TPSA) is 82.1 Å². The number of nitrogens with zero attached hydrogens (tertiary/aromatic N) is 2. The van der Waals surface area contributed by atoms with Crippen molar-refractivity contribution in [3.8, 4) is 0 Å². The van der Waals surface area contributed by atoms with E-state index in [-0.39, 0.29) is 24.0 Å². The number of benzene rings is 1. The van der Waals surface area contributed by atoms with Gasteiger partial charge in [0, 0.05) is 26.2 Å². The summed E-state index contributed by atoms with van der Waals surface area (Å²) in [5, 5.41) is 12.8. The minimum Gasteiger partial charge on any atom is -0.389 e. The normalized spacial score (nSPS) is 21.2. The van der Waals surface area contributed by atoms with E-state index >= 15 is 0 Å². The standard InChI is InChI=1S/C26H33N3O4/c1-3-7-19(8-4-2)24(25(32)29-16-21(30)17-29)27-15-23(31)28-13-11-26(12-14-28)22-10-6-5-9-20(22)18-33-26/h3-10,21,24,27,30H,1,11-18H2,2H3/b8-4-,19-7+. The largest absolute Gasteiger partial charge is 0.389 e. The van der Waals surface area contributed by atoms with E-state index in [4.69, 9.17) is 4.74 Å². The van der Waals surface area contributed by atoms with Gasteiger partial charge >= 0.3 is 0 Å². The first-order valence-corrected chi connectivity index (χ1v) is 11.6. The predicted molar refractivity (Wildman–Crippen MR) is 126 cm³/mol. The van der Waals surface area contributed by atoms with Gasteiger partial charge in [0.25, 0.3) is 0 Å². The Hall–Kier alpha value is -2.74. The van der Waals surface area contributed by atoms with Crippen LogP contribution in [0.3, 0.4) is 0 Å². The third-order valence-electron chi connectivity index (χ3n) is 6.82. The summed E-state index contributed by atoms with van der Waals surface area (Å²) in [6.45, 7) is 8.19. The highest BCUT2D eigenvalue weighted by molar-refractivity contribution is 5.88. The molecule has 2 saturated heterocycles. The van der Waals surface area contributed by atoms with Crippen LogP contribution < -0.4 is 5.32 Å². The molecule has 0 aliphatic carbocycles. The van der Waals surface area contributed by atoms with E-state index in [1.807, 2.05) is 36.1 Å². The molecular formula is C26H33N3O4. The third-order valence-corrected chi connectivity index (χ3v) is 6.82. The predicted octanol–water partition coefficient (Wildman–Crippen LogP) is 1.88. The second kappa shape index (κ2) is 10.0. The molecule has 1 aromatic carbocycles. The summed E-state index contributed by atoms with van der Waals surface area (Å²) in [7, 11) is 0. The van der Waals surface area contributed by atoms with Crippen molar-refractivity contribution in [3.63, 3.8) is 0 Å². The van der Waals surface area contributed by atoms with Gasteiger partial charge in [-0.1, -0.05) is 55.1 Å². The van der Waals surface area contributed by atoms with Crippen LogP contribution in [0.15, 0.2) is 60.7 Å². The van der Waals surface area contributed by atoms with Gasteiger partial charge in [0.2, 0.25) is 11.8 Å². The molecule has 3 aliphatic rings. The van der Waals surface area contributed by atoms with Crippen molar-refractivity contribution in [2.24, 2.45) is 0 Å². The molecule has 1 atom stereocenters. The van der Waals surface area contributed by atoms with Crippen molar-refractivity contribution in [2.45, 2.75) is 44.1 Å². The fraction of sp³-hybridized carbons (Fsp3) is 0.462. The highest BCUT2D eigenvalue weighted by Crippen LogP contribution is 2.43. The number of carbonyl (C=O) groups is 2. The van der Waals surface area contributed by atoms with Crippen LogP contribution in [0.25, 0.3) is 0 Å². The van der Waals surface area contributed by atoms with Gasteiger partial charge in [0.1, 0.15) is 6.04 Å². The summed E-state index contributed by atoms with van der Waals surface area (Å²) in [6, 6.07) is 7.66. The molecule has 1 spiro atoms. The number of ether oxygens (including phenoxy) is 1. The van der Waals surface area contributed by atoms with Gasteiger partial charge in [0.15, 0.2) is 0 Å². The van der Waals surface area contributed by atoms with Gasteiger partial charge in [-0.05, 0) is 36.5 Å². The molecule has 3 heterocycles. The summed E-state index contributed by atoms with van der Waals surface area (Å²) < 4.78 is 6.20. The molecule has 0 aromatic heterocycles. The number of allylic oxidation sites excluding steroid dienone is 3. The minimum absolute atomic E-state index is 0.0315. The zero-order chi connectivity index (χ0) is 23.4. The Morgan fingerprint density at radius 1 is 1.27 bits per heavy atom. The molecular weight excluding hydrogens is 418 g/mol. The monoisotopic (exact) mass is 451 g/mol. The van der Waals surface area contributed by atoms with Crippen LogP contribution in [0.1, 0.15) is 30.9 Å². The molecule has 176 valence electrons. The Balaban J connectivity index is 1.38. The molecule has 2 fully saturated rings. The molecule has 1 unspecified atom stereocenters.